The molecule has 7 heteroatoms. The van der Waals surface area contributed by atoms with Crippen molar-refractivity contribution in [1.29, 1.82) is 0 Å². The number of aliphatic hydroxyl groups is 1. The molecule has 2 aromatic heterocycles. The summed E-state index contributed by atoms with van der Waals surface area (Å²) in [7, 11) is 0. The molecule has 6 nitrogen and oxygen atoms in total. The van der Waals surface area contributed by atoms with Crippen LogP contribution in [-0.2, 0) is 0 Å². The number of hydrogen-bond acceptors (Lipinski definition) is 6. The van der Waals surface area contributed by atoms with E-state index in [1.165, 1.54) is 12.8 Å². The molecule has 0 aliphatic heterocycles. The number of hydrogen-bond donors (Lipinski definition) is 2. The topological polar surface area (TPSA) is 75.3 Å². The molecular formula is C13H19N5OS. The lowest BCUT2D eigenvalue weighted by atomic mass is 10.2. The molecule has 1 unspecified atom stereocenters. The Balaban J connectivity index is 1.81. The van der Waals surface area contributed by atoms with Crippen LogP contribution in [0, 0.1) is 0 Å². The number of fused-ring (bicyclic) bond motifs is 1. The van der Waals surface area contributed by atoms with Crippen LogP contribution in [0.2, 0.25) is 0 Å². The highest BCUT2D eigenvalue weighted by Gasteiger charge is 2.29. The highest BCUT2D eigenvalue weighted by molar-refractivity contribution is 7.98. The minimum Gasteiger partial charge on any atom is -0.396 e. The van der Waals surface area contributed by atoms with Gasteiger partial charge in [0, 0.05) is 24.3 Å². The molecule has 2 aromatic rings. The van der Waals surface area contributed by atoms with Crippen LogP contribution in [0.25, 0.3) is 5.65 Å². The minimum atomic E-state index is 0.181. The van der Waals surface area contributed by atoms with Crippen molar-refractivity contribution in [2.24, 2.45) is 0 Å². The fourth-order valence-electron chi connectivity index (χ4n) is 2.24. The molecule has 0 saturated heterocycles. The standard InChI is InChI=1S/C13H19N5OS/c1-20-8-10(6-7-19)14-11-4-5-12-15-16-13(9-2-3-9)18(12)17-11/h4-5,9-10,19H,2-3,6-8H2,1H3,(H,14,17). The Labute approximate surface area is 122 Å². The molecule has 1 atom stereocenters. The van der Waals surface area contributed by atoms with E-state index in [2.05, 4.69) is 26.9 Å². The summed E-state index contributed by atoms with van der Waals surface area (Å²) < 4.78 is 1.84. The summed E-state index contributed by atoms with van der Waals surface area (Å²) in [6, 6.07) is 4.08. The molecule has 0 amide bonds. The van der Waals surface area contributed by atoms with Gasteiger partial charge in [-0.05, 0) is 37.7 Å². The van der Waals surface area contributed by atoms with Crippen molar-refractivity contribution >= 4 is 23.2 Å². The molecule has 2 N–H and O–H groups in total. The van der Waals surface area contributed by atoms with E-state index >= 15 is 0 Å². The molecule has 0 spiro atoms. The smallest absolute Gasteiger partial charge is 0.178 e. The van der Waals surface area contributed by atoms with Gasteiger partial charge in [-0.25, -0.2) is 0 Å². The van der Waals surface area contributed by atoms with Crippen LogP contribution < -0.4 is 5.32 Å². The third-order valence-electron chi connectivity index (χ3n) is 3.43. The van der Waals surface area contributed by atoms with Gasteiger partial charge in [-0.3, -0.25) is 0 Å². The summed E-state index contributed by atoms with van der Waals surface area (Å²) in [5, 5.41) is 25.5. The molecule has 20 heavy (non-hydrogen) atoms. The maximum absolute atomic E-state index is 9.11. The van der Waals surface area contributed by atoms with E-state index in [0.717, 1.165) is 29.5 Å². The second kappa shape index (κ2) is 5.97. The Morgan fingerprint density at radius 2 is 2.30 bits per heavy atom. The first-order valence-corrected chi connectivity index (χ1v) is 8.30. The lowest BCUT2D eigenvalue weighted by Gasteiger charge is -2.17. The van der Waals surface area contributed by atoms with Crippen molar-refractivity contribution in [1.82, 2.24) is 19.8 Å². The van der Waals surface area contributed by atoms with E-state index in [-0.39, 0.29) is 12.6 Å². The van der Waals surface area contributed by atoms with E-state index in [4.69, 9.17) is 5.11 Å². The Bertz CT molecular complexity index is 577. The van der Waals surface area contributed by atoms with Crippen molar-refractivity contribution in [3.63, 3.8) is 0 Å². The maximum atomic E-state index is 9.11. The zero-order valence-corrected chi connectivity index (χ0v) is 12.3. The summed E-state index contributed by atoms with van der Waals surface area (Å²) >= 11 is 1.76. The first kappa shape index (κ1) is 13.6. The summed E-state index contributed by atoms with van der Waals surface area (Å²) in [5.41, 5.74) is 0.793. The molecule has 1 fully saturated rings. The van der Waals surface area contributed by atoms with Gasteiger partial charge in [-0.1, -0.05) is 0 Å². The average molecular weight is 293 g/mol. The number of rotatable bonds is 7. The summed E-state index contributed by atoms with van der Waals surface area (Å²) in [6.45, 7) is 0.181. The summed E-state index contributed by atoms with van der Waals surface area (Å²) in [4.78, 5) is 0. The average Bonchev–Trinajstić information content (AvgIpc) is 3.20. The fourth-order valence-corrected chi connectivity index (χ4v) is 2.89. The third-order valence-corrected chi connectivity index (χ3v) is 4.16. The second-order valence-corrected chi connectivity index (χ2v) is 6.04. The van der Waals surface area contributed by atoms with Gasteiger partial charge in [0.2, 0.25) is 0 Å². The number of anilines is 1. The molecule has 3 rings (SSSR count). The van der Waals surface area contributed by atoms with Gasteiger partial charge in [0.1, 0.15) is 5.82 Å². The van der Waals surface area contributed by atoms with Gasteiger partial charge < -0.3 is 10.4 Å². The third kappa shape index (κ3) is 2.88. The largest absolute Gasteiger partial charge is 0.396 e. The zero-order chi connectivity index (χ0) is 13.9. The lowest BCUT2D eigenvalue weighted by molar-refractivity contribution is 0.282. The van der Waals surface area contributed by atoms with E-state index < -0.39 is 0 Å². The van der Waals surface area contributed by atoms with E-state index in [9.17, 15) is 0 Å². The van der Waals surface area contributed by atoms with Crippen molar-refractivity contribution in [2.45, 2.75) is 31.2 Å². The fraction of sp³-hybridized carbons (Fsp3) is 0.615. The van der Waals surface area contributed by atoms with Gasteiger partial charge in [-0.2, -0.15) is 16.3 Å². The number of aromatic nitrogens is 4. The van der Waals surface area contributed by atoms with Crippen LogP contribution in [0.3, 0.4) is 0 Å². The van der Waals surface area contributed by atoms with Gasteiger partial charge in [0.25, 0.3) is 0 Å². The Kier molecular flexibility index (Phi) is 4.07. The number of nitrogens with zero attached hydrogens (tertiary/aromatic N) is 4. The Morgan fingerprint density at radius 3 is 3.00 bits per heavy atom. The van der Waals surface area contributed by atoms with Crippen LogP contribution in [0.1, 0.15) is 31.0 Å². The van der Waals surface area contributed by atoms with Gasteiger partial charge in [-0.15, -0.1) is 15.3 Å². The van der Waals surface area contributed by atoms with Crippen molar-refractivity contribution < 1.29 is 5.11 Å². The summed E-state index contributed by atoms with van der Waals surface area (Å²) in [6.07, 6.45) is 5.14. The number of aliphatic hydroxyl groups excluding tert-OH is 1. The molecule has 1 saturated carbocycles. The molecule has 2 heterocycles. The predicted molar refractivity (Wildman–Crippen MR) is 80.3 cm³/mol. The normalized spacial score (nSPS) is 16.5. The summed E-state index contributed by atoms with van der Waals surface area (Å²) in [5.74, 6) is 3.24. The molecule has 1 aliphatic carbocycles. The van der Waals surface area contributed by atoms with Gasteiger partial charge in [0.15, 0.2) is 11.5 Å². The molecule has 0 bridgehead atoms. The molecule has 1 aliphatic rings. The van der Waals surface area contributed by atoms with Crippen LogP contribution >= 0.6 is 11.8 Å². The second-order valence-electron chi connectivity index (χ2n) is 5.13. The SMILES string of the molecule is CSCC(CCO)Nc1ccc2nnc(C3CC3)n2n1. The Hall–Kier alpha value is -1.34. The molecule has 0 radical (unpaired) electrons. The van der Waals surface area contributed by atoms with E-state index in [0.29, 0.717) is 5.92 Å². The predicted octanol–water partition coefficient (Wildman–Crippen LogP) is 1.53. The van der Waals surface area contributed by atoms with E-state index in [1.54, 1.807) is 11.8 Å². The Morgan fingerprint density at radius 1 is 1.45 bits per heavy atom. The van der Waals surface area contributed by atoms with Crippen LogP contribution in [0.4, 0.5) is 5.82 Å². The van der Waals surface area contributed by atoms with Crippen molar-refractivity contribution in [3.8, 4) is 0 Å². The van der Waals surface area contributed by atoms with Crippen LogP contribution in [0.5, 0.6) is 0 Å². The quantitative estimate of drug-likeness (QED) is 0.806. The monoisotopic (exact) mass is 293 g/mol. The van der Waals surface area contributed by atoms with Crippen LogP contribution in [-0.4, -0.2) is 49.6 Å². The molecule has 0 aromatic carbocycles. The molecule has 108 valence electrons. The van der Waals surface area contributed by atoms with E-state index in [1.807, 2.05) is 16.6 Å². The van der Waals surface area contributed by atoms with Crippen molar-refractivity contribution in [3.05, 3.63) is 18.0 Å². The van der Waals surface area contributed by atoms with Crippen LogP contribution in [0.15, 0.2) is 12.1 Å². The highest BCUT2D eigenvalue weighted by Crippen LogP contribution is 2.38. The van der Waals surface area contributed by atoms with Gasteiger partial charge in [0.05, 0.1) is 0 Å². The molecular weight excluding hydrogens is 274 g/mol. The maximum Gasteiger partial charge on any atom is 0.178 e. The number of nitrogens with one attached hydrogen (secondary N) is 1. The van der Waals surface area contributed by atoms with Gasteiger partial charge >= 0.3 is 0 Å². The lowest BCUT2D eigenvalue weighted by Crippen LogP contribution is -2.24. The zero-order valence-electron chi connectivity index (χ0n) is 11.5. The van der Waals surface area contributed by atoms with Crippen molar-refractivity contribution in [2.75, 3.05) is 23.9 Å². The first-order valence-electron chi connectivity index (χ1n) is 6.90. The number of thioether (sulfide) groups is 1. The highest BCUT2D eigenvalue weighted by atomic mass is 32.2. The first-order chi connectivity index (χ1) is 9.81. The minimum absolute atomic E-state index is 0.181.